The maximum Gasteiger partial charge on any atom is 0.276 e. The fourth-order valence-electron chi connectivity index (χ4n) is 2.95. The minimum Gasteiger partial charge on any atom is -0.200 e. The Morgan fingerprint density at radius 1 is 1.27 bits per heavy atom. The summed E-state index contributed by atoms with van der Waals surface area (Å²) in [6.07, 6.45) is 5.40. The summed E-state index contributed by atoms with van der Waals surface area (Å²) >= 11 is 0. The van der Waals surface area contributed by atoms with Crippen LogP contribution in [-0.4, -0.2) is 14.1 Å². The molecule has 0 spiro atoms. The minimum atomic E-state index is -3.57. The van der Waals surface area contributed by atoms with Gasteiger partial charge in [0.15, 0.2) is 0 Å². The Balaban J connectivity index is 2.16. The van der Waals surface area contributed by atoms with Crippen LogP contribution < -0.4 is 4.83 Å². The third-order valence-corrected chi connectivity index (χ3v) is 5.82. The van der Waals surface area contributed by atoms with Crippen molar-refractivity contribution < 1.29 is 8.42 Å². The monoisotopic (exact) mass is 322 g/mol. The number of sulfonamides is 1. The molecule has 2 rings (SSSR count). The molecule has 122 valence electrons. The highest BCUT2D eigenvalue weighted by atomic mass is 32.2. The lowest BCUT2D eigenvalue weighted by atomic mass is 9.78. The predicted molar refractivity (Wildman–Crippen MR) is 90.3 cm³/mol. The smallest absolute Gasteiger partial charge is 0.200 e. The van der Waals surface area contributed by atoms with Crippen molar-refractivity contribution in [2.75, 3.05) is 0 Å². The van der Waals surface area contributed by atoms with E-state index in [-0.39, 0.29) is 4.90 Å². The van der Waals surface area contributed by atoms with Gasteiger partial charge in [0.25, 0.3) is 10.0 Å². The summed E-state index contributed by atoms with van der Waals surface area (Å²) in [5, 5.41) is 4.28. The van der Waals surface area contributed by atoms with Crippen molar-refractivity contribution in [1.29, 1.82) is 0 Å². The van der Waals surface area contributed by atoms with E-state index in [9.17, 15) is 8.42 Å². The third kappa shape index (κ3) is 4.09. The van der Waals surface area contributed by atoms with Crippen LogP contribution in [0.15, 0.2) is 34.3 Å². The Morgan fingerprint density at radius 2 is 1.95 bits per heavy atom. The Bertz CT molecular complexity index is 621. The Morgan fingerprint density at radius 3 is 2.59 bits per heavy atom. The van der Waals surface area contributed by atoms with Crippen molar-refractivity contribution in [2.24, 2.45) is 16.9 Å². The van der Waals surface area contributed by atoms with Crippen LogP contribution in [0.4, 0.5) is 0 Å². The Kier molecular flexibility index (Phi) is 5.62. The van der Waals surface area contributed by atoms with Gasteiger partial charge in [-0.3, -0.25) is 0 Å². The molecule has 1 fully saturated rings. The van der Waals surface area contributed by atoms with Gasteiger partial charge in [-0.1, -0.05) is 44.4 Å². The molecule has 2 atom stereocenters. The first-order valence-corrected chi connectivity index (χ1v) is 9.57. The molecule has 1 saturated carbocycles. The molecule has 0 bridgehead atoms. The van der Waals surface area contributed by atoms with Crippen LogP contribution in [0.3, 0.4) is 0 Å². The van der Waals surface area contributed by atoms with E-state index in [1.165, 1.54) is 6.42 Å². The van der Waals surface area contributed by atoms with E-state index in [0.717, 1.165) is 37.0 Å². The van der Waals surface area contributed by atoms with E-state index in [1.54, 1.807) is 24.3 Å². The molecule has 22 heavy (non-hydrogen) atoms. The molecular formula is C17H26N2O2S. The van der Waals surface area contributed by atoms with Crippen LogP contribution in [0.2, 0.25) is 0 Å². The maximum atomic E-state index is 12.3. The zero-order valence-corrected chi connectivity index (χ0v) is 14.5. The van der Waals surface area contributed by atoms with Crippen LogP contribution in [0.5, 0.6) is 0 Å². The van der Waals surface area contributed by atoms with Crippen molar-refractivity contribution in [2.45, 2.75) is 57.8 Å². The summed E-state index contributed by atoms with van der Waals surface area (Å²) in [6.45, 7) is 6.33. The van der Waals surface area contributed by atoms with E-state index >= 15 is 0 Å². The molecule has 2 unspecified atom stereocenters. The second-order valence-corrected chi connectivity index (χ2v) is 7.91. The number of aryl methyl sites for hydroxylation is 1. The zero-order chi connectivity index (χ0) is 16.2. The fourth-order valence-corrected chi connectivity index (χ4v) is 3.78. The Labute approximate surface area is 134 Å². The maximum absolute atomic E-state index is 12.3. The van der Waals surface area contributed by atoms with Crippen molar-refractivity contribution in [3.05, 3.63) is 29.8 Å². The molecule has 0 radical (unpaired) electrons. The second-order valence-electron chi connectivity index (χ2n) is 6.25. The molecule has 1 aliphatic rings. The Hall–Kier alpha value is -1.36. The number of hydrazone groups is 1. The summed E-state index contributed by atoms with van der Waals surface area (Å²) in [6, 6.07) is 6.82. The molecule has 1 N–H and O–H groups in total. The first-order chi connectivity index (χ1) is 10.4. The third-order valence-electron chi connectivity index (χ3n) is 4.60. The average Bonchev–Trinajstić information content (AvgIpc) is 2.53. The van der Waals surface area contributed by atoms with Crippen LogP contribution >= 0.6 is 0 Å². The second kappa shape index (κ2) is 7.27. The number of benzene rings is 1. The number of hydrogen-bond acceptors (Lipinski definition) is 3. The number of hydrogen-bond donors (Lipinski definition) is 1. The van der Waals surface area contributed by atoms with Crippen LogP contribution in [0, 0.1) is 18.8 Å². The SMILES string of the molecule is CCC(C)C1CCCCC1=NNS(=O)(=O)c1ccc(C)cc1. The highest BCUT2D eigenvalue weighted by Crippen LogP contribution is 2.29. The van der Waals surface area contributed by atoms with Gasteiger partial charge in [-0.25, -0.2) is 4.83 Å². The van der Waals surface area contributed by atoms with Gasteiger partial charge in [0.05, 0.1) is 4.90 Å². The lowest BCUT2D eigenvalue weighted by Gasteiger charge is -2.28. The van der Waals surface area contributed by atoms with Crippen molar-refractivity contribution in [3.63, 3.8) is 0 Å². The lowest BCUT2D eigenvalue weighted by molar-refractivity contribution is 0.379. The summed E-state index contributed by atoms with van der Waals surface area (Å²) < 4.78 is 24.6. The van der Waals surface area contributed by atoms with Gasteiger partial charge in [0, 0.05) is 11.6 Å². The molecule has 1 aliphatic carbocycles. The quantitative estimate of drug-likeness (QED) is 0.837. The van der Waals surface area contributed by atoms with Gasteiger partial charge < -0.3 is 0 Å². The summed E-state index contributed by atoms with van der Waals surface area (Å²) in [5.41, 5.74) is 2.05. The topological polar surface area (TPSA) is 58.5 Å². The summed E-state index contributed by atoms with van der Waals surface area (Å²) in [7, 11) is -3.57. The number of nitrogens with zero attached hydrogens (tertiary/aromatic N) is 1. The largest absolute Gasteiger partial charge is 0.276 e. The molecule has 4 nitrogen and oxygen atoms in total. The fraction of sp³-hybridized carbons (Fsp3) is 0.588. The van der Waals surface area contributed by atoms with Crippen LogP contribution in [-0.2, 0) is 10.0 Å². The van der Waals surface area contributed by atoms with E-state index < -0.39 is 10.0 Å². The lowest BCUT2D eigenvalue weighted by Crippen LogP contribution is -2.29. The minimum absolute atomic E-state index is 0.262. The van der Waals surface area contributed by atoms with Crippen LogP contribution in [0.1, 0.15) is 51.5 Å². The van der Waals surface area contributed by atoms with E-state index in [1.807, 2.05) is 6.92 Å². The van der Waals surface area contributed by atoms with E-state index in [2.05, 4.69) is 23.8 Å². The van der Waals surface area contributed by atoms with E-state index in [0.29, 0.717) is 11.8 Å². The molecule has 0 aliphatic heterocycles. The van der Waals surface area contributed by atoms with Gasteiger partial charge in [-0.05, 0) is 44.2 Å². The zero-order valence-electron chi connectivity index (χ0n) is 13.7. The van der Waals surface area contributed by atoms with Gasteiger partial charge in [0.2, 0.25) is 0 Å². The van der Waals surface area contributed by atoms with Crippen molar-refractivity contribution in [3.8, 4) is 0 Å². The van der Waals surface area contributed by atoms with Crippen molar-refractivity contribution in [1.82, 2.24) is 4.83 Å². The van der Waals surface area contributed by atoms with Crippen molar-refractivity contribution >= 4 is 15.7 Å². The molecule has 1 aromatic carbocycles. The highest BCUT2D eigenvalue weighted by molar-refractivity contribution is 7.89. The number of nitrogens with one attached hydrogen (secondary N) is 1. The van der Waals surface area contributed by atoms with E-state index in [4.69, 9.17) is 0 Å². The molecule has 0 saturated heterocycles. The molecule has 0 aromatic heterocycles. The summed E-state index contributed by atoms with van der Waals surface area (Å²) in [4.78, 5) is 2.70. The molecular weight excluding hydrogens is 296 g/mol. The van der Waals surface area contributed by atoms with Gasteiger partial charge in [-0.15, -0.1) is 0 Å². The number of rotatable bonds is 5. The highest BCUT2D eigenvalue weighted by Gasteiger charge is 2.25. The predicted octanol–water partition coefficient (Wildman–Crippen LogP) is 3.87. The first-order valence-electron chi connectivity index (χ1n) is 8.09. The van der Waals surface area contributed by atoms with Gasteiger partial charge >= 0.3 is 0 Å². The first kappa shape index (κ1) is 17.0. The molecule has 5 heteroatoms. The van der Waals surface area contributed by atoms with Gasteiger partial charge in [0.1, 0.15) is 0 Å². The van der Waals surface area contributed by atoms with Crippen LogP contribution in [0.25, 0.3) is 0 Å². The average molecular weight is 322 g/mol. The normalized spacial score (nSPS) is 22.5. The molecule has 0 heterocycles. The molecule has 1 aromatic rings. The van der Waals surface area contributed by atoms with Gasteiger partial charge in [-0.2, -0.15) is 13.5 Å². The summed E-state index contributed by atoms with van der Waals surface area (Å²) in [5.74, 6) is 0.947. The molecule has 0 amide bonds. The standard InChI is InChI=1S/C17H26N2O2S/c1-4-14(3)16-7-5-6-8-17(16)18-19-22(20,21)15-11-9-13(2)10-12-15/h9-12,14,16,19H,4-8H2,1-3H3.